The van der Waals surface area contributed by atoms with Gasteiger partial charge < -0.3 is 42.6 Å². The second-order valence-electron chi connectivity index (χ2n) is 19.2. The SMILES string of the molecule is C=CCOc1c(C)c2c(c3c1CC1[C@@H]4c5c(cc(C)c(OC)c5OCOCCOC)C[C@H]([C@H](C#N)N1[C@H]3COC(CSCC1c3ccccc3-c3ccccc31)NC(=O)OC(C)(C)C)N4C)OCO2. The van der Waals surface area contributed by atoms with Crippen LogP contribution in [0.15, 0.2) is 67.3 Å². The Kier molecular flexibility index (Phi) is 14.4. The van der Waals surface area contributed by atoms with Gasteiger partial charge in [-0.05, 0) is 87.9 Å². The maximum Gasteiger partial charge on any atom is 0.409 e. The number of carbonyl (C=O) groups excluding carboxylic acids is 1. The Morgan fingerprint density at radius 1 is 0.971 bits per heavy atom. The number of nitrogens with zero attached hydrogens (tertiary/aromatic N) is 3. The predicted octanol–water partition coefficient (Wildman–Crippen LogP) is 8.79. The van der Waals surface area contributed by atoms with Crippen LogP contribution in [0.2, 0.25) is 0 Å². The van der Waals surface area contributed by atoms with Crippen molar-refractivity contribution in [2.75, 3.05) is 72.8 Å². The Hall–Kier alpha value is -5.47. The molecule has 4 aliphatic heterocycles. The first kappa shape index (κ1) is 48.5. The number of likely N-dealkylation sites (N-methyl/N-ethyl adjacent to an activating group) is 1. The van der Waals surface area contributed by atoms with E-state index in [1.165, 1.54) is 22.3 Å². The minimum Gasteiger partial charge on any atom is -0.493 e. The summed E-state index contributed by atoms with van der Waals surface area (Å²) in [7, 11) is 5.40. The van der Waals surface area contributed by atoms with Crippen LogP contribution >= 0.6 is 11.8 Å². The lowest BCUT2D eigenvalue weighted by Crippen LogP contribution is -2.68. The summed E-state index contributed by atoms with van der Waals surface area (Å²) in [6.07, 6.45) is 1.46. The van der Waals surface area contributed by atoms with Gasteiger partial charge >= 0.3 is 6.09 Å². The molecule has 69 heavy (non-hydrogen) atoms. The van der Waals surface area contributed by atoms with E-state index in [0.29, 0.717) is 60.6 Å². The third-order valence-corrected chi connectivity index (χ3v) is 15.1. The maximum absolute atomic E-state index is 13.7. The molecule has 6 atom stereocenters. The van der Waals surface area contributed by atoms with Crippen LogP contribution in [-0.4, -0.2) is 119 Å². The minimum absolute atomic E-state index is 0.00396. The molecule has 2 bridgehead atoms. The molecular weight excluding hydrogens is 897 g/mol. The van der Waals surface area contributed by atoms with Crippen molar-refractivity contribution >= 4 is 17.9 Å². The highest BCUT2D eigenvalue weighted by Gasteiger charge is 2.57. The fourth-order valence-corrected chi connectivity index (χ4v) is 12.4. The normalized spacial score (nSPS) is 21.5. The molecule has 4 aromatic carbocycles. The second-order valence-corrected chi connectivity index (χ2v) is 20.3. The lowest BCUT2D eigenvalue weighted by Gasteiger charge is -2.60. The number of amides is 1. The van der Waals surface area contributed by atoms with Gasteiger partial charge in [-0.1, -0.05) is 67.3 Å². The molecule has 1 fully saturated rings. The van der Waals surface area contributed by atoms with Crippen LogP contribution in [0.1, 0.15) is 83.3 Å². The van der Waals surface area contributed by atoms with Gasteiger partial charge in [-0.15, -0.1) is 0 Å². The van der Waals surface area contributed by atoms with Crippen LogP contribution in [0.4, 0.5) is 4.79 Å². The number of nitriles is 1. The third-order valence-electron chi connectivity index (χ3n) is 14.0. The molecule has 1 saturated heterocycles. The monoisotopic (exact) mass is 960 g/mol. The summed E-state index contributed by atoms with van der Waals surface area (Å²) in [5.74, 6) is 4.52. The van der Waals surface area contributed by atoms with Gasteiger partial charge in [-0.25, -0.2) is 4.79 Å². The first-order chi connectivity index (χ1) is 33.4. The van der Waals surface area contributed by atoms with Crippen LogP contribution in [-0.2, 0) is 31.8 Å². The van der Waals surface area contributed by atoms with Gasteiger partial charge in [0.1, 0.15) is 30.2 Å². The number of hydrogen-bond acceptors (Lipinski definition) is 14. The molecule has 1 N–H and O–H groups in total. The van der Waals surface area contributed by atoms with E-state index in [9.17, 15) is 10.1 Å². The molecule has 1 aliphatic carbocycles. The molecule has 1 amide bonds. The number of hydrogen-bond donors (Lipinski definition) is 1. The summed E-state index contributed by atoms with van der Waals surface area (Å²) in [6.45, 7) is 14.7. The van der Waals surface area contributed by atoms with Crippen molar-refractivity contribution in [3.63, 3.8) is 0 Å². The van der Waals surface area contributed by atoms with E-state index in [0.717, 1.165) is 39.1 Å². The Labute approximate surface area is 410 Å². The van der Waals surface area contributed by atoms with E-state index < -0.39 is 30.0 Å². The number of rotatable bonds is 18. The first-order valence-electron chi connectivity index (χ1n) is 23.7. The molecule has 5 aliphatic rings. The number of ether oxygens (including phenoxy) is 9. The topological polar surface area (TPSA) is 142 Å². The summed E-state index contributed by atoms with van der Waals surface area (Å²) in [6, 6.07) is 20.2. The van der Waals surface area contributed by atoms with E-state index in [-0.39, 0.29) is 50.8 Å². The van der Waals surface area contributed by atoms with Gasteiger partial charge in [-0.3, -0.25) is 15.1 Å². The summed E-state index contributed by atoms with van der Waals surface area (Å²) < 4.78 is 55.8. The molecule has 14 nitrogen and oxygen atoms in total. The Morgan fingerprint density at radius 3 is 2.38 bits per heavy atom. The molecule has 15 heteroatoms. The van der Waals surface area contributed by atoms with Gasteiger partial charge in [0.25, 0.3) is 0 Å². The third kappa shape index (κ3) is 9.23. The van der Waals surface area contributed by atoms with Crippen molar-refractivity contribution in [2.24, 2.45) is 0 Å². The average molecular weight is 961 g/mol. The van der Waals surface area contributed by atoms with Gasteiger partial charge in [0.2, 0.25) is 6.79 Å². The van der Waals surface area contributed by atoms with Crippen molar-refractivity contribution in [2.45, 2.75) is 95.4 Å². The van der Waals surface area contributed by atoms with E-state index >= 15 is 0 Å². The largest absolute Gasteiger partial charge is 0.493 e. The summed E-state index contributed by atoms with van der Waals surface area (Å²) >= 11 is 1.72. The molecule has 0 radical (unpaired) electrons. The zero-order valence-electron chi connectivity index (χ0n) is 40.9. The van der Waals surface area contributed by atoms with Crippen LogP contribution in [0, 0.1) is 25.2 Å². The minimum atomic E-state index is -0.772. The van der Waals surface area contributed by atoms with Gasteiger partial charge in [0.15, 0.2) is 29.8 Å². The zero-order chi connectivity index (χ0) is 48.6. The number of aryl methyl sites for hydroxylation is 1. The van der Waals surface area contributed by atoms with Crippen molar-refractivity contribution < 1.29 is 47.4 Å². The van der Waals surface area contributed by atoms with Gasteiger partial charge in [0, 0.05) is 58.9 Å². The summed E-state index contributed by atoms with van der Waals surface area (Å²) in [4.78, 5) is 18.3. The van der Waals surface area contributed by atoms with E-state index in [4.69, 9.17) is 42.6 Å². The fourth-order valence-electron chi connectivity index (χ4n) is 11.3. The highest BCUT2D eigenvalue weighted by atomic mass is 32.2. The number of nitrogens with one attached hydrogen (secondary N) is 1. The lowest BCUT2D eigenvalue weighted by molar-refractivity contribution is -0.0981. The number of thioether (sulfide) groups is 1. The van der Waals surface area contributed by atoms with E-state index in [1.807, 2.05) is 34.6 Å². The number of alkyl carbamates (subject to hydrolysis) is 1. The average Bonchev–Trinajstić information content (AvgIpc) is 3.94. The summed E-state index contributed by atoms with van der Waals surface area (Å²) in [5.41, 5.74) is 9.99. The Balaban J connectivity index is 1.11. The number of benzene rings is 4. The van der Waals surface area contributed by atoms with Crippen LogP contribution in [0.5, 0.6) is 28.7 Å². The highest BCUT2D eigenvalue weighted by Crippen LogP contribution is 2.59. The number of carbonyl (C=O) groups is 1. The number of methoxy groups -OCH3 is 2. The number of fused-ring (bicyclic) bond motifs is 12. The fraction of sp³-hybridized carbons (Fsp3) is 0.481. The molecule has 2 unspecified atom stereocenters. The van der Waals surface area contributed by atoms with Crippen LogP contribution in [0.25, 0.3) is 11.1 Å². The Morgan fingerprint density at radius 2 is 1.70 bits per heavy atom. The number of piperazine rings is 1. The molecule has 366 valence electrons. The molecule has 4 aromatic rings. The second kappa shape index (κ2) is 20.5. The van der Waals surface area contributed by atoms with Crippen molar-refractivity contribution in [3.05, 3.63) is 112 Å². The highest BCUT2D eigenvalue weighted by molar-refractivity contribution is 7.99. The summed E-state index contributed by atoms with van der Waals surface area (Å²) in [5, 5.41) is 14.5. The van der Waals surface area contributed by atoms with E-state index in [1.54, 1.807) is 32.1 Å². The van der Waals surface area contributed by atoms with Crippen molar-refractivity contribution in [3.8, 4) is 45.9 Å². The van der Waals surface area contributed by atoms with Crippen molar-refractivity contribution in [1.82, 2.24) is 15.1 Å². The standard InChI is InChI=1S/C54H64N4O10S/c1-10-19-63-49-32(3)50-52(67-30-66-50)46-38(49)24-41-47-45-33(22-31(2)48(61-9)51(45)65-29-62-21-20-60-8)23-40(57(47)7)42(25-55)58(41)43(46)26-64-44(56-53(59)68-54(4,5)6)28-69-27-39-36-17-13-11-15-34(36)35-16-12-14-18-37(35)39/h10-18,22,39-44,47H,1,19-21,23-24,26-30H2,2-9H3,(H,56,59)/t40-,41?,42+,43+,44?,47-/m1/s1. The van der Waals surface area contributed by atoms with Crippen LogP contribution < -0.4 is 29.0 Å². The smallest absolute Gasteiger partial charge is 0.409 e. The van der Waals surface area contributed by atoms with Gasteiger partial charge in [-0.2, -0.15) is 17.0 Å². The first-order valence-corrected chi connectivity index (χ1v) is 24.9. The molecule has 9 rings (SSSR count). The Bertz CT molecular complexity index is 2570. The molecule has 0 aromatic heterocycles. The molecular formula is C54H64N4O10S. The predicted molar refractivity (Wildman–Crippen MR) is 264 cm³/mol. The van der Waals surface area contributed by atoms with E-state index in [2.05, 4.69) is 89.4 Å². The van der Waals surface area contributed by atoms with Crippen LogP contribution in [0.3, 0.4) is 0 Å². The molecule has 4 heterocycles. The lowest BCUT2D eigenvalue weighted by atomic mass is 9.71. The molecule has 0 spiro atoms. The van der Waals surface area contributed by atoms with Gasteiger partial charge in [0.05, 0.1) is 45.1 Å². The molecule has 0 saturated carbocycles. The zero-order valence-corrected chi connectivity index (χ0v) is 41.7. The quantitative estimate of drug-likeness (QED) is 0.0577. The maximum atomic E-state index is 13.7. The van der Waals surface area contributed by atoms with Crippen molar-refractivity contribution in [1.29, 1.82) is 5.26 Å².